The molecule has 0 aliphatic rings. The number of nitrogens with zero attached hydrogens (tertiary/aromatic N) is 2. The van der Waals surface area contributed by atoms with Crippen LogP contribution in [0.15, 0.2) is 45.6 Å². The van der Waals surface area contributed by atoms with Crippen LogP contribution in [0.5, 0.6) is 0 Å². The average molecular weight is 777 g/mol. The first-order valence-electron chi connectivity index (χ1n) is 20.4. The van der Waals surface area contributed by atoms with Gasteiger partial charge in [-0.25, -0.2) is 0 Å². The summed E-state index contributed by atoms with van der Waals surface area (Å²) in [5, 5.41) is 2.02. The molecule has 4 aromatic rings. The normalized spacial score (nSPS) is 13.4. The molecule has 0 radical (unpaired) electrons. The molecule has 0 N–H and O–H groups in total. The summed E-state index contributed by atoms with van der Waals surface area (Å²) in [4.78, 5) is 27.5. The van der Waals surface area contributed by atoms with E-state index in [2.05, 4.69) is 186 Å². The van der Waals surface area contributed by atoms with Crippen molar-refractivity contribution in [1.82, 2.24) is 8.80 Å². The van der Waals surface area contributed by atoms with Crippen molar-refractivity contribution in [3.05, 3.63) is 90.1 Å². The molecule has 55 heavy (non-hydrogen) atoms. The maximum atomic E-state index is 13.3. The van der Waals surface area contributed by atoms with Gasteiger partial charge in [0, 0.05) is 28.9 Å². The Kier molecular flexibility index (Phi) is 15.3. The minimum Gasteiger partial charge on any atom is -0.284 e. The number of fused-ring (bicyclic) bond motifs is 2. The molecule has 4 heterocycles. The molecule has 0 aromatic carbocycles. The van der Waals surface area contributed by atoms with Gasteiger partial charge in [0.25, 0.3) is 11.1 Å². The summed E-state index contributed by atoms with van der Waals surface area (Å²) >= 11 is 1.67. The molecule has 0 amide bonds. The molecule has 4 nitrogen and oxygen atoms in total. The second-order valence-corrected chi connectivity index (χ2v) is 25.8. The highest BCUT2D eigenvalue weighted by Crippen LogP contribution is 2.43. The Morgan fingerprint density at radius 1 is 0.382 bits per heavy atom. The number of aromatic nitrogens is 2. The van der Waals surface area contributed by atoms with Crippen molar-refractivity contribution in [3.8, 4) is 0 Å². The average Bonchev–Trinajstić information content (AvgIpc) is 3.37. The Morgan fingerprint density at radius 3 is 1.02 bits per heavy atom. The summed E-state index contributed by atoms with van der Waals surface area (Å²) in [5.74, 6) is 0. The number of pyridine rings is 3. The van der Waals surface area contributed by atoms with E-state index in [1.54, 1.807) is 11.3 Å². The molecule has 0 spiro atoms. The van der Waals surface area contributed by atoms with Crippen LogP contribution in [0, 0.1) is 10.8 Å². The topological polar surface area (TPSA) is 43.0 Å². The zero-order valence-electron chi connectivity index (χ0n) is 40.6. The van der Waals surface area contributed by atoms with E-state index in [4.69, 9.17) is 0 Å². The van der Waals surface area contributed by atoms with Gasteiger partial charge in [0.1, 0.15) is 4.83 Å². The third-order valence-electron chi connectivity index (χ3n) is 8.30. The number of hydrogen-bond acceptors (Lipinski definition) is 3. The van der Waals surface area contributed by atoms with E-state index in [0.29, 0.717) is 10.8 Å². The van der Waals surface area contributed by atoms with Crippen LogP contribution in [0.2, 0.25) is 0 Å². The predicted octanol–water partition coefficient (Wildman–Crippen LogP) is 14.6. The third-order valence-corrected chi connectivity index (χ3v) is 9.19. The summed E-state index contributed by atoms with van der Waals surface area (Å²) < 4.78 is 3.68. The van der Waals surface area contributed by atoms with Crippen molar-refractivity contribution in [2.45, 2.75) is 213 Å². The van der Waals surface area contributed by atoms with E-state index in [1.807, 2.05) is 38.7 Å². The molecule has 0 aliphatic heterocycles. The Morgan fingerprint density at radius 2 is 0.691 bits per heavy atom. The van der Waals surface area contributed by atoms with E-state index in [0.717, 1.165) is 21.5 Å². The van der Waals surface area contributed by atoms with Gasteiger partial charge in [-0.1, -0.05) is 186 Å². The first-order valence-corrected chi connectivity index (χ1v) is 21.3. The van der Waals surface area contributed by atoms with Crippen molar-refractivity contribution in [1.29, 1.82) is 0 Å². The van der Waals surface area contributed by atoms with Crippen LogP contribution in [0.1, 0.15) is 213 Å². The zero-order valence-corrected chi connectivity index (χ0v) is 41.4. The van der Waals surface area contributed by atoms with E-state index in [1.165, 1.54) is 22.3 Å². The lowest BCUT2D eigenvalue weighted by molar-refractivity contribution is 0.469. The summed E-state index contributed by atoms with van der Waals surface area (Å²) in [6, 6.07) is 6.03. The van der Waals surface area contributed by atoms with Crippen molar-refractivity contribution >= 4 is 21.7 Å². The van der Waals surface area contributed by atoms with E-state index in [-0.39, 0.29) is 43.6 Å². The standard InChI is InChI=1S/C21H31NO.C19H29NOS.2C5H12/c1-19(2,3)15-14-12-10-11-13-22(14)18(23)17(21(7,8)9)16(15)20(4,5)6;1-17(2,3)12-13(18(4,5)6)15(21)20-10-11-22-16(20)14(12)19(7,8)9;2*1-5(2,3)4/h10-13H,1-9H3;10-11H,1-9H3;2*1-4H3. The molecule has 0 bridgehead atoms. The molecule has 0 fully saturated rings. The molecular formula is C50H84N2O2S. The lowest BCUT2D eigenvalue weighted by Gasteiger charge is -2.36. The monoisotopic (exact) mass is 777 g/mol. The highest BCUT2D eigenvalue weighted by molar-refractivity contribution is 7.15. The maximum absolute atomic E-state index is 13.3. The van der Waals surface area contributed by atoms with Gasteiger partial charge >= 0.3 is 0 Å². The molecule has 5 heteroatoms. The Balaban J connectivity index is 0.000000442. The van der Waals surface area contributed by atoms with E-state index >= 15 is 0 Å². The quantitative estimate of drug-likeness (QED) is 0.178. The first kappa shape index (κ1) is 50.4. The van der Waals surface area contributed by atoms with Crippen LogP contribution in [-0.4, -0.2) is 8.80 Å². The molecule has 0 aliphatic carbocycles. The summed E-state index contributed by atoms with van der Waals surface area (Å²) in [5.41, 5.74) is 8.67. The molecule has 4 aromatic heterocycles. The Bertz CT molecular complexity index is 1990. The number of rotatable bonds is 0. The van der Waals surface area contributed by atoms with Crippen molar-refractivity contribution in [2.75, 3.05) is 0 Å². The molecule has 312 valence electrons. The maximum Gasteiger partial charge on any atom is 0.259 e. The predicted molar refractivity (Wildman–Crippen MR) is 248 cm³/mol. The molecule has 4 rings (SSSR count). The molecule has 0 atom stereocenters. The third kappa shape index (κ3) is 14.0. The highest BCUT2D eigenvalue weighted by Gasteiger charge is 2.37. The number of thiazole rings is 1. The van der Waals surface area contributed by atoms with Gasteiger partial charge in [-0.15, -0.1) is 11.3 Å². The van der Waals surface area contributed by atoms with E-state index in [9.17, 15) is 9.59 Å². The van der Waals surface area contributed by atoms with Crippen LogP contribution in [0.25, 0.3) is 10.3 Å². The fourth-order valence-electron chi connectivity index (χ4n) is 6.73. The molecule has 0 saturated heterocycles. The lowest BCUT2D eigenvalue weighted by Crippen LogP contribution is -2.37. The SMILES string of the molecule is CC(C)(C)C.CC(C)(C)C.CC(C)(C)c1c(C(C)(C)C)c(=O)n2ccccc2c1C(C)(C)C.CC(C)(C)c1c(C(C)(C)C)c(=O)n2ccsc2c1C(C)(C)C. The smallest absolute Gasteiger partial charge is 0.259 e. The van der Waals surface area contributed by atoms with Gasteiger partial charge in [0.2, 0.25) is 0 Å². The summed E-state index contributed by atoms with van der Waals surface area (Å²) in [6.45, 7) is 57.1. The van der Waals surface area contributed by atoms with Crippen LogP contribution < -0.4 is 11.1 Å². The first-order chi connectivity index (χ1) is 24.0. The van der Waals surface area contributed by atoms with Crippen LogP contribution in [-0.2, 0) is 32.5 Å². The van der Waals surface area contributed by atoms with Gasteiger partial charge in [-0.05, 0) is 77.7 Å². The van der Waals surface area contributed by atoms with Gasteiger partial charge in [-0.3, -0.25) is 18.4 Å². The summed E-state index contributed by atoms with van der Waals surface area (Å²) in [6.07, 6.45) is 3.81. The fourth-order valence-corrected chi connectivity index (χ4v) is 7.82. The minimum atomic E-state index is -0.198. The van der Waals surface area contributed by atoms with Gasteiger partial charge in [0.05, 0.1) is 5.52 Å². The van der Waals surface area contributed by atoms with Crippen LogP contribution >= 0.6 is 11.3 Å². The van der Waals surface area contributed by atoms with Crippen molar-refractivity contribution in [3.63, 3.8) is 0 Å². The second-order valence-electron chi connectivity index (χ2n) is 24.9. The molecular weight excluding hydrogens is 693 g/mol. The summed E-state index contributed by atoms with van der Waals surface area (Å²) in [7, 11) is 0. The zero-order chi connectivity index (χ0) is 43.9. The highest BCUT2D eigenvalue weighted by atomic mass is 32.1. The Hall–Kier alpha value is -2.66. The fraction of sp³-hybridized carbons (Fsp3) is 0.680. The minimum absolute atomic E-state index is 0.00752. The largest absolute Gasteiger partial charge is 0.284 e. The van der Waals surface area contributed by atoms with Gasteiger partial charge < -0.3 is 0 Å². The van der Waals surface area contributed by atoms with Gasteiger partial charge in [0.15, 0.2) is 0 Å². The van der Waals surface area contributed by atoms with Gasteiger partial charge in [-0.2, -0.15) is 0 Å². The second kappa shape index (κ2) is 16.7. The Labute approximate surface area is 342 Å². The van der Waals surface area contributed by atoms with Crippen LogP contribution in [0.3, 0.4) is 0 Å². The molecule has 0 saturated carbocycles. The lowest BCUT2D eigenvalue weighted by atomic mass is 9.69. The van der Waals surface area contributed by atoms with E-state index < -0.39 is 0 Å². The molecule has 0 unspecified atom stereocenters. The van der Waals surface area contributed by atoms with Crippen molar-refractivity contribution < 1.29 is 0 Å². The van der Waals surface area contributed by atoms with Crippen molar-refractivity contribution in [2.24, 2.45) is 10.8 Å². The van der Waals surface area contributed by atoms with Crippen LogP contribution in [0.4, 0.5) is 0 Å². The number of hydrogen-bond donors (Lipinski definition) is 0.